The van der Waals surface area contributed by atoms with E-state index >= 15 is 0 Å². The highest BCUT2D eigenvalue weighted by atomic mass is 16.7. The Morgan fingerprint density at radius 2 is 0.959 bits per heavy atom. The predicted molar refractivity (Wildman–Crippen MR) is 201 cm³/mol. The zero-order valence-corrected chi connectivity index (χ0v) is 26.6. The first-order chi connectivity index (χ1) is 24.0. The molecule has 6 nitrogen and oxygen atoms in total. The van der Waals surface area contributed by atoms with Crippen LogP contribution in [-0.2, 0) is 9.59 Å². The van der Waals surface area contributed by atoms with E-state index in [2.05, 4.69) is 72.3 Å². The fraction of sp³-hybridized carbons (Fsp3) is 0.0233. The van der Waals surface area contributed by atoms with Crippen molar-refractivity contribution in [3.8, 4) is 22.6 Å². The normalized spacial score (nSPS) is 12.1. The van der Waals surface area contributed by atoms with Gasteiger partial charge in [-0.2, -0.15) is 0 Å². The molecule has 6 aromatic rings. The van der Waals surface area contributed by atoms with E-state index in [4.69, 9.17) is 9.47 Å². The van der Waals surface area contributed by atoms with E-state index in [1.807, 2.05) is 84.9 Å². The quantitative estimate of drug-likeness (QED) is 0.128. The molecule has 7 rings (SSSR count). The van der Waals surface area contributed by atoms with Gasteiger partial charge in [-0.05, 0) is 81.2 Å². The second kappa shape index (κ2) is 13.6. The van der Waals surface area contributed by atoms with Gasteiger partial charge in [-0.3, -0.25) is 9.59 Å². The number of fused-ring (bicyclic) bond motifs is 7. The Morgan fingerprint density at radius 1 is 0.551 bits per heavy atom. The summed E-state index contributed by atoms with van der Waals surface area (Å²) in [5, 5.41) is 9.84. The second-order valence-electron chi connectivity index (χ2n) is 11.5. The van der Waals surface area contributed by atoms with E-state index in [9.17, 15) is 9.59 Å². The number of ether oxygens (including phenoxy) is 2. The van der Waals surface area contributed by atoms with Crippen molar-refractivity contribution in [1.29, 1.82) is 0 Å². The van der Waals surface area contributed by atoms with Gasteiger partial charge >= 0.3 is 0 Å². The molecule has 0 unspecified atom stereocenters. The second-order valence-corrected chi connectivity index (χ2v) is 11.5. The lowest BCUT2D eigenvalue weighted by Gasteiger charge is -2.17. The molecule has 0 aromatic heterocycles. The SMILES string of the molecule is C=CC(=O)Nc1ccc(/C=C/c2cc3ccccc3c3c2OCOc2c(/C=C/c4ccc(NC(=O)C=C)cc4)cc4ccccc4c2-3)cc1. The summed E-state index contributed by atoms with van der Waals surface area (Å²) < 4.78 is 12.9. The lowest BCUT2D eigenvalue weighted by Crippen LogP contribution is -2.06. The van der Waals surface area contributed by atoms with Gasteiger partial charge in [-0.25, -0.2) is 0 Å². The Hall–Kier alpha value is -6.66. The van der Waals surface area contributed by atoms with Crippen LogP contribution in [0.15, 0.2) is 135 Å². The minimum atomic E-state index is -0.252. The number of hydrogen-bond acceptors (Lipinski definition) is 4. The molecule has 1 heterocycles. The van der Waals surface area contributed by atoms with Crippen LogP contribution < -0.4 is 20.1 Å². The fourth-order valence-corrected chi connectivity index (χ4v) is 6.02. The minimum absolute atomic E-state index is 0.0355. The monoisotopic (exact) mass is 640 g/mol. The van der Waals surface area contributed by atoms with Crippen molar-refractivity contribution >= 4 is 69.0 Å². The van der Waals surface area contributed by atoms with Gasteiger partial charge in [0.05, 0.1) is 0 Å². The van der Waals surface area contributed by atoms with E-state index in [1.54, 1.807) is 0 Å². The standard InChI is InChI=1S/C43H32N2O4/c1-3-38(46)44-34-21-15-28(16-22-34)13-19-32-25-30-9-5-7-11-36(30)40-41-37-12-8-6-10-31(37)26-33(43(41)49-27-48-42(32)40)20-14-29-17-23-35(24-18-29)45-39(47)4-2/h3-26H,1-2,27H2,(H,44,46)(H,45,47)/b19-13+,20-14+. The Balaban J connectivity index is 1.34. The van der Waals surface area contributed by atoms with Crippen LogP contribution in [0.25, 0.3) is 57.0 Å². The van der Waals surface area contributed by atoms with Gasteiger partial charge in [-0.15, -0.1) is 0 Å². The van der Waals surface area contributed by atoms with Crippen molar-refractivity contribution in [1.82, 2.24) is 0 Å². The van der Waals surface area contributed by atoms with Crippen LogP contribution in [0, 0.1) is 0 Å². The molecule has 0 atom stereocenters. The number of hydrogen-bond donors (Lipinski definition) is 2. The topological polar surface area (TPSA) is 76.7 Å². The molecule has 6 aromatic carbocycles. The first-order valence-corrected chi connectivity index (χ1v) is 15.8. The van der Waals surface area contributed by atoms with E-state index < -0.39 is 0 Å². The minimum Gasteiger partial charge on any atom is -0.456 e. The van der Waals surface area contributed by atoms with Crippen molar-refractivity contribution in [3.63, 3.8) is 0 Å². The van der Waals surface area contributed by atoms with Crippen molar-refractivity contribution in [2.75, 3.05) is 17.4 Å². The molecule has 1 aliphatic rings. The van der Waals surface area contributed by atoms with E-state index in [1.165, 1.54) is 12.2 Å². The Labute approximate surface area is 284 Å². The molecule has 2 amide bonds. The largest absolute Gasteiger partial charge is 0.456 e. The first-order valence-electron chi connectivity index (χ1n) is 15.8. The van der Waals surface area contributed by atoms with Crippen molar-refractivity contribution in [3.05, 3.63) is 157 Å². The maximum Gasteiger partial charge on any atom is 0.247 e. The van der Waals surface area contributed by atoms with Crippen molar-refractivity contribution in [2.24, 2.45) is 0 Å². The zero-order chi connectivity index (χ0) is 33.7. The van der Waals surface area contributed by atoms with Gasteiger partial charge in [-0.1, -0.05) is 110 Å². The summed E-state index contributed by atoms with van der Waals surface area (Å²) in [6.45, 7) is 7.06. The molecule has 0 spiro atoms. The molecule has 1 aliphatic heterocycles. The lowest BCUT2D eigenvalue weighted by atomic mass is 9.88. The number of carbonyl (C=O) groups excluding carboxylic acids is 2. The molecular weight excluding hydrogens is 608 g/mol. The first kappa shape index (κ1) is 31.0. The Kier molecular flexibility index (Phi) is 8.59. The third-order valence-corrected chi connectivity index (χ3v) is 8.36. The van der Waals surface area contributed by atoms with Crippen LogP contribution >= 0.6 is 0 Å². The number of benzene rings is 6. The molecule has 0 fully saturated rings. The maximum absolute atomic E-state index is 11.7. The predicted octanol–water partition coefficient (Wildman–Crippen LogP) is 9.98. The molecule has 2 N–H and O–H groups in total. The summed E-state index contributed by atoms with van der Waals surface area (Å²) in [5.74, 6) is 0.981. The molecule has 0 saturated carbocycles. The van der Waals surface area contributed by atoms with Gasteiger partial charge in [0.2, 0.25) is 18.6 Å². The molecule has 0 radical (unpaired) electrons. The van der Waals surface area contributed by atoms with Gasteiger partial charge in [0.15, 0.2) is 0 Å². The van der Waals surface area contributed by atoms with Crippen LogP contribution in [0.1, 0.15) is 22.3 Å². The average Bonchev–Trinajstić information content (AvgIpc) is 3.35. The smallest absolute Gasteiger partial charge is 0.247 e. The van der Waals surface area contributed by atoms with Crippen LogP contribution in [0.5, 0.6) is 11.5 Å². The number of rotatable bonds is 8. The molecule has 0 saturated heterocycles. The van der Waals surface area contributed by atoms with E-state index in [0.29, 0.717) is 11.4 Å². The molecule has 49 heavy (non-hydrogen) atoms. The van der Waals surface area contributed by atoms with Gasteiger partial charge in [0.1, 0.15) is 11.5 Å². The van der Waals surface area contributed by atoms with Crippen molar-refractivity contribution < 1.29 is 19.1 Å². The summed E-state index contributed by atoms with van der Waals surface area (Å²) in [6.07, 6.45) is 10.7. The highest BCUT2D eigenvalue weighted by Crippen LogP contribution is 2.50. The van der Waals surface area contributed by atoms with Crippen LogP contribution in [0.4, 0.5) is 11.4 Å². The third-order valence-electron chi connectivity index (χ3n) is 8.36. The number of amides is 2. The molecule has 6 heteroatoms. The number of carbonyl (C=O) groups is 2. The maximum atomic E-state index is 11.7. The van der Waals surface area contributed by atoms with E-state index in [-0.39, 0.29) is 18.6 Å². The third kappa shape index (κ3) is 6.48. The van der Waals surface area contributed by atoms with Crippen LogP contribution in [0.2, 0.25) is 0 Å². The van der Waals surface area contributed by atoms with Gasteiger partial charge in [0, 0.05) is 33.6 Å². The molecular formula is C43H32N2O4. The highest BCUT2D eigenvalue weighted by molar-refractivity contribution is 6.12. The summed E-state index contributed by atoms with van der Waals surface area (Å²) >= 11 is 0. The van der Waals surface area contributed by atoms with E-state index in [0.717, 1.165) is 66.4 Å². The average molecular weight is 641 g/mol. The molecule has 0 bridgehead atoms. The lowest BCUT2D eigenvalue weighted by molar-refractivity contribution is -0.112. The summed E-state index contributed by atoms with van der Waals surface area (Å²) in [5.41, 5.74) is 7.12. The highest BCUT2D eigenvalue weighted by Gasteiger charge is 2.26. The van der Waals surface area contributed by atoms with Crippen molar-refractivity contribution in [2.45, 2.75) is 0 Å². The van der Waals surface area contributed by atoms with Gasteiger partial charge < -0.3 is 20.1 Å². The van der Waals surface area contributed by atoms with Crippen LogP contribution in [-0.4, -0.2) is 18.6 Å². The van der Waals surface area contributed by atoms with Gasteiger partial charge in [0.25, 0.3) is 0 Å². The Bertz CT molecular complexity index is 2150. The summed E-state index contributed by atoms with van der Waals surface area (Å²) in [7, 11) is 0. The summed E-state index contributed by atoms with van der Waals surface area (Å²) in [6, 6.07) is 36.2. The van der Waals surface area contributed by atoms with Crippen LogP contribution in [0.3, 0.4) is 0 Å². The zero-order valence-electron chi connectivity index (χ0n) is 26.6. The fourth-order valence-electron chi connectivity index (χ4n) is 6.02. The number of nitrogens with one attached hydrogen (secondary N) is 2. The number of anilines is 2. The molecule has 238 valence electrons. The summed E-state index contributed by atoms with van der Waals surface area (Å²) in [4.78, 5) is 23.4. The Morgan fingerprint density at radius 3 is 1.37 bits per heavy atom. The molecule has 0 aliphatic carbocycles.